The minimum absolute atomic E-state index is 0.0977. The molecule has 0 amide bonds. The lowest BCUT2D eigenvalue weighted by molar-refractivity contribution is -0.129. The van der Waals surface area contributed by atoms with Crippen LogP contribution in [0.15, 0.2) is 0 Å². The largest absolute Gasteiger partial charge is 0.298 e. The van der Waals surface area contributed by atoms with Gasteiger partial charge in [0.15, 0.2) is 5.78 Å². The van der Waals surface area contributed by atoms with E-state index in [0.29, 0.717) is 0 Å². The van der Waals surface area contributed by atoms with Gasteiger partial charge in [-0.25, -0.2) is 0 Å². The summed E-state index contributed by atoms with van der Waals surface area (Å²) in [6, 6.07) is 2.05. The molecule has 0 radical (unpaired) electrons. The van der Waals surface area contributed by atoms with Gasteiger partial charge in [-0.05, 0) is 25.2 Å². The van der Waals surface area contributed by atoms with Gasteiger partial charge in [-0.3, -0.25) is 4.79 Å². The molecule has 0 saturated heterocycles. The number of nitrogens with zero attached hydrogens (tertiary/aromatic N) is 1. The Bertz CT molecular complexity index is 262. The summed E-state index contributed by atoms with van der Waals surface area (Å²) in [6.07, 6.45) is 4.44. The topological polar surface area (TPSA) is 40.9 Å². The standard InChI is InChI=1S/C12H19NO/c1-9(8-13)11(14)10-6-4-5-7-12(10,2)3/h9-10H,4-7H2,1-3H3. The Morgan fingerprint density at radius 3 is 2.64 bits per heavy atom. The normalized spacial score (nSPS) is 27.7. The van der Waals surface area contributed by atoms with Crippen molar-refractivity contribution < 1.29 is 4.79 Å². The molecular weight excluding hydrogens is 174 g/mol. The Morgan fingerprint density at radius 2 is 2.14 bits per heavy atom. The summed E-state index contributed by atoms with van der Waals surface area (Å²) in [5, 5.41) is 8.74. The molecule has 14 heavy (non-hydrogen) atoms. The van der Waals surface area contributed by atoms with Crippen LogP contribution in [0.3, 0.4) is 0 Å². The average molecular weight is 193 g/mol. The van der Waals surface area contributed by atoms with Crippen LogP contribution in [0.1, 0.15) is 46.5 Å². The van der Waals surface area contributed by atoms with E-state index in [1.165, 1.54) is 6.42 Å². The first-order chi connectivity index (χ1) is 6.49. The fourth-order valence-electron chi connectivity index (χ4n) is 2.39. The lowest BCUT2D eigenvalue weighted by Gasteiger charge is -2.38. The van der Waals surface area contributed by atoms with Gasteiger partial charge in [-0.15, -0.1) is 0 Å². The fraction of sp³-hybridized carbons (Fsp3) is 0.833. The van der Waals surface area contributed by atoms with Crippen molar-refractivity contribution in [2.24, 2.45) is 17.3 Å². The molecule has 0 aliphatic heterocycles. The Hall–Kier alpha value is -0.840. The maximum atomic E-state index is 11.9. The van der Waals surface area contributed by atoms with Crippen molar-refractivity contribution in [2.75, 3.05) is 0 Å². The summed E-state index contributed by atoms with van der Waals surface area (Å²) < 4.78 is 0. The third kappa shape index (κ3) is 2.15. The van der Waals surface area contributed by atoms with Gasteiger partial charge in [0, 0.05) is 5.92 Å². The smallest absolute Gasteiger partial charge is 0.153 e. The van der Waals surface area contributed by atoms with Crippen molar-refractivity contribution in [1.29, 1.82) is 5.26 Å². The highest BCUT2D eigenvalue weighted by Crippen LogP contribution is 2.41. The molecule has 0 aromatic rings. The van der Waals surface area contributed by atoms with Crippen LogP contribution >= 0.6 is 0 Å². The lowest BCUT2D eigenvalue weighted by atomic mass is 9.65. The molecule has 0 aromatic heterocycles. The summed E-state index contributed by atoms with van der Waals surface area (Å²) in [6.45, 7) is 6.02. The van der Waals surface area contributed by atoms with Crippen molar-refractivity contribution in [3.8, 4) is 6.07 Å². The Morgan fingerprint density at radius 1 is 1.50 bits per heavy atom. The molecule has 1 rings (SSSR count). The van der Waals surface area contributed by atoms with Gasteiger partial charge in [-0.2, -0.15) is 5.26 Å². The van der Waals surface area contributed by atoms with Crippen LogP contribution < -0.4 is 0 Å². The molecule has 2 nitrogen and oxygen atoms in total. The minimum atomic E-state index is -0.433. The molecule has 1 aliphatic rings. The van der Waals surface area contributed by atoms with Gasteiger partial charge in [0.25, 0.3) is 0 Å². The second-order valence-corrected chi connectivity index (χ2v) is 5.04. The van der Waals surface area contributed by atoms with Crippen molar-refractivity contribution in [1.82, 2.24) is 0 Å². The zero-order chi connectivity index (χ0) is 10.8. The first-order valence-corrected chi connectivity index (χ1v) is 5.42. The van der Waals surface area contributed by atoms with Crippen LogP contribution in [0.5, 0.6) is 0 Å². The van der Waals surface area contributed by atoms with Crippen molar-refractivity contribution >= 4 is 5.78 Å². The molecule has 2 atom stereocenters. The molecule has 1 aliphatic carbocycles. The van der Waals surface area contributed by atoms with E-state index in [1.54, 1.807) is 6.92 Å². The van der Waals surface area contributed by atoms with Gasteiger partial charge >= 0.3 is 0 Å². The van der Waals surface area contributed by atoms with Crippen LogP contribution in [0.2, 0.25) is 0 Å². The van der Waals surface area contributed by atoms with E-state index in [9.17, 15) is 4.79 Å². The number of rotatable bonds is 2. The molecule has 0 spiro atoms. The van der Waals surface area contributed by atoms with Gasteiger partial charge < -0.3 is 0 Å². The Labute approximate surface area is 86.3 Å². The third-order valence-corrected chi connectivity index (χ3v) is 3.47. The van der Waals surface area contributed by atoms with E-state index < -0.39 is 5.92 Å². The first-order valence-electron chi connectivity index (χ1n) is 5.42. The molecule has 78 valence electrons. The van der Waals surface area contributed by atoms with Crippen molar-refractivity contribution in [3.05, 3.63) is 0 Å². The molecular formula is C12H19NO. The van der Waals surface area contributed by atoms with Gasteiger partial charge in [0.1, 0.15) is 5.92 Å². The molecule has 1 fully saturated rings. The second kappa shape index (κ2) is 4.13. The van der Waals surface area contributed by atoms with Crippen molar-refractivity contribution in [3.63, 3.8) is 0 Å². The molecule has 0 N–H and O–H groups in total. The van der Waals surface area contributed by atoms with Crippen LogP contribution in [-0.4, -0.2) is 5.78 Å². The highest BCUT2D eigenvalue weighted by molar-refractivity contribution is 5.85. The lowest BCUT2D eigenvalue weighted by Crippen LogP contribution is -2.36. The number of carbonyl (C=O) groups excluding carboxylic acids is 1. The highest BCUT2D eigenvalue weighted by atomic mass is 16.1. The zero-order valence-electron chi connectivity index (χ0n) is 9.34. The van der Waals surface area contributed by atoms with Crippen LogP contribution in [-0.2, 0) is 4.79 Å². The number of hydrogen-bond donors (Lipinski definition) is 0. The maximum Gasteiger partial charge on any atom is 0.153 e. The molecule has 0 bridgehead atoms. The molecule has 2 unspecified atom stereocenters. The van der Waals surface area contributed by atoms with E-state index in [2.05, 4.69) is 19.9 Å². The van der Waals surface area contributed by atoms with Crippen molar-refractivity contribution in [2.45, 2.75) is 46.5 Å². The number of hydrogen-bond acceptors (Lipinski definition) is 2. The number of nitriles is 1. The number of ketones is 1. The van der Waals surface area contributed by atoms with Crippen LogP contribution in [0, 0.1) is 28.6 Å². The summed E-state index contributed by atoms with van der Waals surface area (Å²) in [4.78, 5) is 11.9. The maximum absolute atomic E-state index is 11.9. The predicted molar refractivity (Wildman–Crippen MR) is 55.5 cm³/mol. The molecule has 0 heterocycles. The van der Waals surface area contributed by atoms with Gasteiger partial charge in [0.05, 0.1) is 6.07 Å². The molecule has 1 saturated carbocycles. The highest BCUT2D eigenvalue weighted by Gasteiger charge is 2.38. The number of Topliss-reactive ketones (excluding diaryl/α,β-unsaturated/α-hetero) is 1. The second-order valence-electron chi connectivity index (χ2n) is 5.04. The minimum Gasteiger partial charge on any atom is -0.298 e. The average Bonchev–Trinajstić information content (AvgIpc) is 2.15. The van der Waals surface area contributed by atoms with Gasteiger partial charge in [-0.1, -0.05) is 26.7 Å². The predicted octanol–water partition coefficient (Wildman–Crippen LogP) is 2.93. The van der Waals surface area contributed by atoms with Gasteiger partial charge in [0.2, 0.25) is 0 Å². The zero-order valence-corrected chi connectivity index (χ0v) is 9.34. The Balaban J connectivity index is 2.75. The third-order valence-electron chi connectivity index (χ3n) is 3.47. The van der Waals surface area contributed by atoms with Crippen LogP contribution in [0.4, 0.5) is 0 Å². The van der Waals surface area contributed by atoms with E-state index in [1.807, 2.05) is 0 Å². The van der Waals surface area contributed by atoms with E-state index in [0.717, 1.165) is 19.3 Å². The molecule has 0 aromatic carbocycles. The van der Waals surface area contributed by atoms with E-state index >= 15 is 0 Å². The SMILES string of the molecule is CC(C#N)C(=O)C1CCCCC1(C)C. The van der Waals surface area contributed by atoms with E-state index in [4.69, 9.17) is 5.26 Å². The quantitative estimate of drug-likeness (QED) is 0.676. The summed E-state index contributed by atoms with van der Waals surface area (Å²) in [5.41, 5.74) is 0.0977. The monoisotopic (exact) mass is 193 g/mol. The summed E-state index contributed by atoms with van der Waals surface area (Å²) >= 11 is 0. The van der Waals surface area contributed by atoms with Crippen LogP contribution in [0.25, 0.3) is 0 Å². The Kier molecular flexibility index (Phi) is 3.31. The first kappa shape index (κ1) is 11.2. The molecule has 2 heteroatoms. The summed E-state index contributed by atoms with van der Waals surface area (Å²) in [5.74, 6) is -0.180. The fourth-order valence-corrected chi connectivity index (χ4v) is 2.39. The number of carbonyl (C=O) groups is 1. The summed E-state index contributed by atoms with van der Waals surface area (Å²) in [7, 11) is 0. The van der Waals surface area contributed by atoms with E-state index in [-0.39, 0.29) is 17.1 Å².